The summed E-state index contributed by atoms with van der Waals surface area (Å²) < 4.78 is 0. The van der Waals surface area contributed by atoms with Crippen molar-refractivity contribution in [3.63, 3.8) is 0 Å². The van der Waals surface area contributed by atoms with Gasteiger partial charge in [-0.2, -0.15) is 0 Å². The Kier molecular flexibility index (Phi) is 2.42. The van der Waals surface area contributed by atoms with Gasteiger partial charge in [0.25, 0.3) is 0 Å². The van der Waals surface area contributed by atoms with Gasteiger partial charge in [0.05, 0.1) is 6.10 Å². The molecule has 7 unspecified atom stereocenters. The molecule has 17 heavy (non-hydrogen) atoms. The van der Waals surface area contributed by atoms with Crippen LogP contribution < -0.4 is 0 Å². The highest BCUT2D eigenvalue weighted by Crippen LogP contribution is 2.81. The average Bonchev–Trinajstić information content (AvgIpc) is 2.34. The van der Waals surface area contributed by atoms with E-state index in [4.69, 9.17) is 0 Å². The van der Waals surface area contributed by atoms with Gasteiger partial charge in [-0.3, -0.25) is 0 Å². The number of rotatable bonds is 0. The molecule has 1 N–H and O–H groups in total. The quantitative estimate of drug-likeness (QED) is 0.671. The van der Waals surface area contributed by atoms with Crippen molar-refractivity contribution in [2.24, 2.45) is 28.1 Å². The molecule has 0 aromatic rings. The fourth-order valence-electron chi connectivity index (χ4n) is 6.01. The van der Waals surface area contributed by atoms with Crippen LogP contribution >= 0.6 is 15.9 Å². The molecule has 0 amide bonds. The molecule has 3 rings (SSSR count). The maximum atomic E-state index is 10.4. The van der Waals surface area contributed by atoms with Crippen molar-refractivity contribution in [3.05, 3.63) is 0 Å². The van der Waals surface area contributed by atoms with E-state index in [0.717, 1.165) is 6.42 Å². The zero-order chi connectivity index (χ0) is 12.6. The standard InChI is InChI=1S/C15H25BrO/c1-9-7-11(17)10(2)15-6-5-13(15,3)12(16)8-14(9,15)4/h9-12,17H,5-8H2,1-4H3. The van der Waals surface area contributed by atoms with E-state index in [1.807, 2.05) is 0 Å². The molecular formula is C15H25BrO. The van der Waals surface area contributed by atoms with Crippen molar-refractivity contribution in [2.75, 3.05) is 0 Å². The van der Waals surface area contributed by atoms with Crippen LogP contribution in [-0.2, 0) is 0 Å². The lowest BCUT2D eigenvalue weighted by atomic mass is 9.36. The highest BCUT2D eigenvalue weighted by molar-refractivity contribution is 9.09. The molecule has 1 nitrogen and oxygen atoms in total. The lowest BCUT2D eigenvalue weighted by Crippen LogP contribution is -2.64. The van der Waals surface area contributed by atoms with Crippen LogP contribution in [0, 0.1) is 28.1 Å². The summed E-state index contributed by atoms with van der Waals surface area (Å²) in [6.45, 7) is 9.62. The highest BCUT2D eigenvalue weighted by atomic mass is 79.9. The first-order valence-corrected chi connectivity index (χ1v) is 8.03. The Morgan fingerprint density at radius 1 is 1.12 bits per heavy atom. The summed E-state index contributed by atoms with van der Waals surface area (Å²) in [5.41, 5.74) is 1.22. The number of hydrogen-bond acceptors (Lipinski definition) is 1. The van der Waals surface area contributed by atoms with Gasteiger partial charge >= 0.3 is 0 Å². The largest absolute Gasteiger partial charge is 0.393 e. The summed E-state index contributed by atoms with van der Waals surface area (Å²) in [6.07, 6.45) is 4.86. The summed E-state index contributed by atoms with van der Waals surface area (Å²) in [5, 5.41) is 10.4. The molecule has 0 saturated heterocycles. The molecule has 7 atom stereocenters. The molecule has 3 aliphatic rings. The first-order valence-electron chi connectivity index (χ1n) is 7.12. The molecule has 3 saturated carbocycles. The molecule has 0 aromatic carbocycles. The molecule has 3 fully saturated rings. The van der Waals surface area contributed by atoms with Crippen LogP contribution in [0.4, 0.5) is 0 Å². The summed E-state index contributed by atoms with van der Waals surface area (Å²) in [5.74, 6) is 1.11. The Bertz CT molecular complexity index is 357. The third-order valence-electron chi connectivity index (χ3n) is 7.41. The van der Waals surface area contributed by atoms with E-state index in [0.29, 0.717) is 32.9 Å². The number of aliphatic hydroxyl groups excluding tert-OH is 1. The van der Waals surface area contributed by atoms with E-state index in [-0.39, 0.29) is 6.10 Å². The molecule has 0 radical (unpaired) electrons. The Morgan fingerprint density at radius 2 is 1.76 bits per heavy atom. The first kappa shape index (κ1) is 12.5. The topological polar surface area (TPSA) is 20.2 Å². The number of aliphatic hydroxyl groups is 1. The van der Waals surface area contributed by atoms with Gasteiger partial charge in [-0.15, -0.1) is 0 Å². The van der Waals surface area contributed by atoms with Gasteiger partial charge in [0, 0.05) is 4.83 Å². The number of halogens is 1. The van der Waals surface area contributed by atoms with Crippen molar-refractivity contribution in [2.45, 2.75) is 64.3 Å². The molecule has 2 heteroatoms. The Labute approximate surface area is 113 Å². The highest BCUT2D eigenvalue weighted by Gasteiger charge is 2.76. The first-order chi connectivity index (χ1) is 7.79. The zero-order valence-electron chi connectivity index (χ0n) is 11.5. The third-order valence-corrected chi connectivity index (χ3v) is 8.74. The van der Waals surface area contributed by atoms with E-state index >= 15 is 0 Å². The van der Waals surface area contributed by atoms with Crippen LogP contribution in [0.15, 0.2) is 0 Å². The zero-order valence-corrected chi connectivity index (χ0v) is 13.0. The molecule has 0 aliphatic heterocycles. The van der Waals surface area contributed by atoms with Crippen LogP contribution in [-0.4, -0.2) is 16.0 Å². The SMILES string of the molecule is CC1CC(O)C(C)C23CCC2(C)C(Br)CC13C. The second-order valence-corrected chi connectivity index (χ2v) is 8.58. The Balaban J connectivity index is 2.14. The van der Waals surface area contributed by atoms with Crippen LogP contribution in [0.25, 0.3) is 0 Å². The molecule has 0 bridgehead atoms. The molecule has 0 aromatic heterocycles. The maximum Gasteiger partial charge on any atom is 0.0574 e. The minimum atomic E-state index is -0.0875. The van der Waals surface area contributed by atoms with Gasteiger partial charge in [0.15, 0.2) is 0 Å². The van der Waals surface area contributed by atoms with Crippen molar-refractivity contribution < 1.29 is 5.11 Å². The Morgan fingerprint density at radius 3 is 2.29 bits per heavy atom. The van der Waals surface area contributed by atoms with Crippen LogP contribution in [0.1, 0.15) is 53.4 Å². The van der Waals surface area contributed by atoms with Crippen molar-refractivity contribution in [3.8, 4) is 0 Å². The maximum absolute atomic E-state index is 10.4. The summed E-state index contributed by atoms with van der Waals surface area (Å²) in [7, 11) is 0. The van der Waals surface area contributed by atoms with Gasteiger partial charge < -0.3 is 5.11 Å². The van der Waals surface area contributed by atoms with Crippen molar-refractivity contribution in [1.29, 1.82) is 0 Å². The minimum Gasteiger partial charge on any atom is -0.393 e. The molecule has 0 heterocycles. The van der Waals surface area contributed by atoms with Gasteiger partial charge in [-0.25, -0.2) is 0 Å². The van der Waals surface area contributed by atoms with Crippen molar-refractivity contribution in [1.82, 2.24) is 0 Å². The summed E-state index contributed by atoms with van der Waals surface area (Å²) in [4.78, 5) is 0.643. The van der Waals surface area contributed by atoms with E-state index in [1.54, 1.807) is 0 Å². The minimum absolute atomic E-state index is 0.0875. The lowest BCUT2D eigenvalue weighted by Gasteiger charge is -2.68. The van der Waals surface area contributed by atoms with Gasteiger partial charge in [-0.05, 0) is 53.8 Å². The number of hydrogen-bond donors (Lipinski definition) is 1. The van der Waals surface area contributed by atoms with Crippen LogP contribution in [0.2, 0.25) is 0 Å². The van der Waals surface area contributed by atoms with E-state index in [1.165, 1.54) is 19.3 Å². The predicted octanol–water partition coefficient (Wildman–Crippen LogP) is 3.98. The molecule has 1 spiro atoms. The Hall–Kier alpha value is 0.440. The van der Waals surface area contributed by atoms with Crippen LogP contribution in [0.3, 0.4) is 0 Å². The van der Waals surface area contributed by atoms with E-state index in [2.05, 4.69) is 43.6 Å². The lowest BCUT2D eigenvalue weighted by molar-refractivity contribution is -0.220. The second kappa shape index (κ2) is 3.30. The molecular weight excluding hydrogens is 276 g/mol. The predicted molar refractivity (Wildman–Crippen MR) is 74.2 cm³/mol. The normalized spacial score (nSPS) is 66.0. The van der Waals surface area contributed by atoms with Gasteiger partial charge in [0.1, 0.15) is 0 Å². The molecule has 98 valence electrons. The van der Waals surface area contributed by atoms with E-state index < -0.39 is 0 Å². The van der Waals surface area contributed by atoms with Gasteiger partial charge in [0.2, 0.25) is 0 Å². The van der Waals surface area contributed by atoms with E-state index in [9.17, 15) is 5.11 Å². The monoisotopic (exact) mass is 300 g/mol. The second-order valence-electron chi connectivity index (χ2n) is 7.47. The molecule has 3 aliphatic carbocycles. The van der Waals surface area contributed by atoms with Crippen molar-refractivity contribution >= 4 is 15.9 Å². The third kappa shape index (κ3) is 1.08. The summed E-state index contributed by atoms with van der Waals surface area (Å²) >= 11 is 3.96. The van der Waals surface area contributed by atoms with Gasteiger partial charge in [-0.1, -0.05) is 43.6 Å². The number of alkyl halides is 1. The fraction of sp³-hybridized carbons (Fsp3) is 1.00. The van der Waals surface area contributed by atoms with Crippen LogP contribution in [0.5, 0.6) is 0 Å². The fourth-order valence-corrected chi connectivity index (χ4v) is 7.32. The smallest absolute Gasteiger partial charge is 0.0574 e. The summed E-state index contributed by atoms with van der Waals surface area (Å²) in [6, 6.07) is 0. The average molecular weight is 301 g/mol.